The molecule has 5 nitrogen and oxygen atoms in total. The summed E-state index contributed by atoms with van der Waals surface area (Å²) < 4.78 is 26.6. The molecule has 1 fully saturated rings. The van der Waals surface area contributed by atoms with Crippen LogP contribution in [0.3, 0.4) is 0 Å². The van der Waals surface area contributed by atoms with Gasteiger partial charge in [-0.05, 0) is 47.0 Å². The number of primary amides is 1. The first-order chi connectivity index (χ1) is 8.84. The van der Waals surface area contributed by atoms with Crippen LogP contribution < -0.4 is 5.73 Å². The van der Waals surface area contributed by atoms with Gasteiger partial charge in [0, 0.05) is 11.0 Å². The third-order valence-corrected chi connectivity index (χ3v) is 6.15. The van der Waals surface area contributed by atoms with Gasteiger partial charge >= 0.3 is 0 Å². The second-order valence-corrected chi connectivity index (χ2v) is 7.40. The summed E-state index contributed by atoms with van der Waals surface area (Å²) in [5.74, 6) is -0.617. The van der Waals surface area contributed by atoms with Gasteiger partial charge in [0.2, 0.25) is 15.9 Å². The molecule has 1 unspecified atom stereocenters. The molecule has 8 heteroatoms. The molecule has 0 spiro atoms. The number of carbonyl (C=O) groups is 1. The van der Waals surface area contributed by atoms with Gasteiger partial charge in [-0.25, -0.2) is 8.42 Å². The van der Waals surface area contributed by atoms with Crippen molar-refractivity contribution in [1.82, 2.24) is 4.31 Å². The maximum Gasteiger partial charge on any atom is 0.243 e. The number of hydrogen-bond acceptors (Lipinski definition) is 3. The molecule has 2 rings (SSSR count). The monoisotopic (exact) mass is 366 g/mol. The van der Waals surface area contributed by atoms with E-state index in [0.717, 1.165) is 4.31 Å². The normalized spacial score (nSPS) is 20.6. The highest BCUT2D eigenvalue weighted by molar-refractivity contribution is 9.10. The van der Waals surface area contributed by atoms with Crippen molar-refractivity contribution in [2.24, 2.45) is 5.73 Å². The van der Waals surface area contributed by atoms with Gasteiger partial charge in [0.1, 0.15) is 6.04 Å². The van der Waals surface area contributed by atoms with Crippen molar-refractivity contribution in [3.05, 3.63) is 27.7 Å². The molecule has 0 saturated carbocycles. The van der Waals surface area contributed by atoms with Crippen molar-refractivity contribution in [1.29, 1.82) is 0 Å². The summed E-state index contributed by atoms with van der Waals surface area (Å²) in [6.45, 7) is 0.302. The Morgan fingerprint density at radius 3 is 2.74 bits per heavy atom. The molecule has 1 aromatic carbocycles. The Morgan fingerprint density at radius 2 is 2.16 bits per heavy atom. The van der Waals surface area contributed by atoms with Crippen molar-refractivity contribution in [2.75, 3.05) is 6.54 Å². The molecule has 1 atom stereocenters. The predicted octanol–water partition coefficient (Wildman–Crippen LogP) is 1.74. The van der Waals surface area contributed by atoms with Gasteiger partial charge in [0.05, 0.1) is 9.92 Å². The van der Waals surface area contributed by atoms with E-state index in [1.165, 1.54) is 18.2 Å². The molecule has 19 heavy (non-hydrogen) atoms. The lowest BCUT2D eigenvalue weighted by Gasteiger charge is -2.21. The zero-order chi connectivity index (χ0) is 14.2. The van der Waals surface area contributed by atoms with E-state index in [9.17, 15) is 13.2 Å². The van der Waals surface area contributed by atoms with Crippen LogP contribution >= 0.6 is 27.5 Å². The summed E-state index contributed by atoms with van der Waals surface area (Å²) >= 11 is 9.02. The zero-order valence-electron chi connectivity index (χ0n) is 9.84. The Kier molecular flexibility index (Phi) is 4.20. The topological polar surface area (TPSA) is 80.5 Å². The molecule has 1 saturated heterocycles. The first-order valence-electron chi connectivity index (χ1n) is 5.60. The molecule has 0 bridgehead atoms. The molecule has 1 heterocycles. The third kappa shape index (κ3) is 2.79. The van der Waals surface area contributed by atoms with Gasteiger partial charge in [-0.1, -0.05) is 11.6 Å². The lowest BCUT2D eigenvalue weighted by molar-refractivity contribution is -0.121. The number of nitrogens with zero attached hydrogens (tertiary/aromatic N) is 1. The minimum Gasteiger partial charge on any atom is -0.368 e. The Morgan fingerprint density at radius 1 is 1.47 bits per heavy atom. The third-order valence-electron chi connectivity index (χ3n) is 3.03. The number of nitrogens with two attached hydrogens (primary N) is 1. The van der Waals surface area contributed by atoms with Crippen molar-refractivity contribution in [3.63, 3.8) is 0 Å². The average molecular weight is 368 g/mol. The van der Waals surface area contributed by atoms with Gasteiger partial charge in [-0.2, -0.15) is 4.31 Å². The highest BCUT2D eigenvalue weighted by Crippen LogP contribution is 2.30. The molecule has 1 aliphatic heterocycles. The lowest BCUT2D eigenvalue weighted by Crippen LogP contribution is -2.43. The van der Waals surface area contributed by atoms with Gasteiger partial charge in [0.25, 0.3) is 0 Å². The summed E-state index contributed by atoms with van der Waals surface area (Å²) in [6, 6.07) is 3.57. The Hall–Kier alpha value is -0.630. The molecule has 104 valence electrons. The zero-order valence-corrected chi connectivity index (χ0v) is 13.0. The van der Waals surface area contributed by atoms with E-state index in [2.05, 4.69) is 15.9 Å². The van der Waals surface area contributed by atoms with Crippen molar-refractivity contribution in [3.8, 4) is 0 Å². The number of rotatable bonds is 3. The fraction of sp³-hybridized carbons (Fsp3) is 0.364. The largest absolute Gasteiger partial charge is 0.368 e. The van der Waals surface area contributed by atoms with Crippen LogP contribution in [0.2, 0.25) is 5.02 Å². The van der Waals surface area contributed by atoms with Gasteiger partial charge in [-0.15, -0.1) is 0 Å². The lowest BCUT2D eigenvalue weighted by atomic mass is 10.2. The van der Waals surface area contributed by atoms with E-state index in [1.54, 1.807) is 0 Å². The number of sulfonamides is 1. The standard InChI is InChI=1S/C11H12BrClN2O3S/c12-8-6-7(3-4-9(8)13)19(17,18)15-5-1-2-10(15)11(14)16/h3-4,6,10H,1-2,5H2,(H2,14,16). The molecule has 0 aliphatic carbocycles. The van der Waals surface area contributed by atoms with E-state index in [0.29, 0.717) is 28.9 Å². The highest BCUT2D eigenvalue weighted by Gasteiger charge is 2.38. The summed E-state index contributed by atoms with van der Waals surface area (Å²) in [7, 11) is -3.73. The summed E-state index contributed by atoms with van der Waals surface area (Å²) in [5, 5.41) is 0.423. The predicted molar refractivity (Wildman–Crippen MR) is 75.3 cm³/mol. The number of benzene rings is 1. The molecule has 2 N–H and O–H groups in total. The minimum absolute atomic E-state index is 0.0944. The summed E-state index contributed by atoms with van der Waals surface area (Å²) in [5.41, 5.74) is 5.24. The fourth-order valence-electron chi connectivity index (χ4n) is 2.08. The maximum atomic E-state index is 12.5. The Bertz CT molecular complexity index is 620. The van der Waals surface area contributed by atoms with Crippen molar-refractivity contribution in [2.45, 2.75) is 23.8 Å². The van der Waals surface area contributed by atoms with E-state index in [1.807, 2.05) is 0 Å². The second kappa shape index (κ2) is 5.40. The number of amides is 1. The van der Waals surface area contributed by atoms with E-state index in [-0.39, 0.29) is 4.90 Å². The van der Waals surface area contributed by atoms with Crippen LogP contribution in [0.25, 0.3) is 0 Å². The highest BCUT2D eigenvalue weighted by atomic mass is 79.9. The fourth-order valence-corrected chi connectivity index (χ4v) is 4.42. The van der Waals surface area contributed by atoms with Gasteiger partial charge in [0.15, 0.2) is 0 Å². The van der Waals surface area contributed by atoms with Gasteiger partial charge < -0.3 is 5.73 Å². The second-order valence-electron chi connectivity index (χ2n) is 4.25. The molecule has 1 aromatic rings. The Balaban J connectivity index is 2.42. The van der Waals surface area contributed by atoms with Crippen LogP contribution in [0.5, 0.6) is 0 Å². The smallest absolute Gasteiger partial charge is 0.243 e. The van der Waals surface area contributed by atoms with Crippen LogP contribution in [0.15, 0.2) is 27.6 Å². The minimum atomic E-state index is -3.73. The van der Waals surface area contributed by atoms with Crippen LogP contribution in [-0.4, -0.2) is 31.2 Å². The number of halogens is 2. The quantitative estimate of drug-likeness (QED) is 0.883. The van der Waals surface area contributed by atoms with Gasteiger partial charge in [-0.3, -0.25) is 4.79 Å². The maximum absolute atomic E-state index is 12.5. The first kappa shape index (κ1) is 14.8. The van der Waals surface area contributed by atoms with Crippen LogP contribution in [0.4, 0.5) is 0 Å². The molecular formula is C11H12BrClN2O3S. The molecule has 1 amide bonds. The van der Waals surface area contributed by atoms with Crippen molar-refractivity contribution < 1.29 is 13.2 Å². The van der Waals surface area contributed by atoms with Crippen LogP contribution in [-0.2, 0) is 14.8 Å². The Labute approximate surface area is 124 Å². The molecule has 1 aliphatic rings. The van der Waals surface area contributed by atoms with E-state index >= 15 is 0 Å². The SMILES string of the molecule is NC(=O)C1CCCN1S(=O)(=O)c1ccc(Cl)c(Br)c1. The number of carbonyl (C=O) groups excluding carboxylic acids is 1. The van der Waals surface area contributed by atoms with Crippen molar-refractivity contribution >= 4 is 43.5 Å². The van der Waals surface area contributed by atoms with Crippen LogP contribution in [0, 0.1) is 0 Å². The first-order valence-corrected chi connectivity index (χ1v) is 8.21. The number of hydrogen-bond donors (Lipinski definition) is 1. The average Bonchev–Trinajstić information content (AvgIpc) is 2.82. The summed E-state index contributed by atoms with van der Waals surface area (Å²) in [6.07, 6.45) is 1.09. The summed E-state index contributed by atoms with van der Waals surface area (Å²) in [4.78, 5) is 11.4. The van der Waals surface area contributed by atoms with E-state index in [4.69, 9.17) is 17.3 Å². The molecule has 0 aromatic heterocycles. The van der Waals surface area contributed by atoms with E-state index < -0.39 is 22.0 Å². The molecule has 0 radical (unpaired) electrons. The molecular weight excluding hydrogens is 356 g/mol. The van der Waals surface area contributed by atoms with Crippen LogP contribution in [0.1, 0.15) is 12.8 Å².